The summed E-state index contributed by atoms with van der Waals surface area (Å²) in [5.74, 6) is -0.409. The lowest BCUT2D eigenvalue weighted by Gasteiger charge is -2.06. The van der Waals surface area contributed by atoms with Gasteiger partial charge in [0.1, 0.15) is 0 Å². The van der Waals surface area contributed by atoms with Crippen LogP contribution in [0.1, 0.15) is 23.0 Å². The van der Waals surface area contributed by atoms with Gasteiger partial charge in [-0.2, -0.15) is 13.2 Å². The van der Waals surface area contributed by atoms with Gasteiger partial charge in [-0.15, -0.1) is 0 Å². The molecule has 5 nitrogen and oxygen atoms in total. The van der Waals surface area contributed by atoms with Gasteiger partial charge in [0.25, 0.3) is 5.06 Å². The minimum atomic E-state index is -4.39. The minimum Gasteiger partial charge on any atom is -0.479 e. The summed E-state index contributed by atoms with van der Waals surface area (Å²) >= 11 is 0.666. The number of ketones is 1. The Balaban J connectivity index is 2.81. The van der Waals surface area contributed by atoms with Crippen molar-refractivity contribution in [1.82, 2.24) is 0 Å². The summed E-state index contributed by atoms with van der Waals surface area (Å²) in [6.07, 6.45) is -5.60. The summed E-state index contributed by atoms with van der Waals surface area (Å²) in [6.45, 7) is 0.483. The van der Waals surface area contributed by atoms with Crippen molar-refractivity contribution in [2.75, 3.05) is 6.61 Å². The van der Waals surface area contributed by atoms with E-state index in [4.69, 9.17) is 4.74 Å². The molecule has 0 spiro atoms. The van der Waals surface area contributed by atoms with Crippen molar-refractivity contribution in [3.63, 3.8) is 0 Å². The number of ether oxygens (including phenoxy) is 1. The number of nitrogens with zero attached hydrogens (tertiary/aromatic N) is 1. The van der Waals surface area contributed by atoms with Gasteiger partial charge < -0.3 is 4.74 Å². The molecule has 9 heteroatoms. The highest BCUT2D eigenvalue weighted by atomic mass is 32.1. The minimum absolute atomic E-state index is 0.0729. The lowest BCUT2D eigenvalue weighted by Crippen LogP contribution is -2.12. The Kier molecular flexibility index (Phi) is 4.28. The zero-order valence-corrected chi connectivity index (χ0v) is 9.93. The third kappa shape index (κ3) is 3.99. The van der Waals surface area contributed by atoms with Crippen LogP contribution in [0.25, 0.3) is 0 Å². The fourth-order valence-electron chi connectivity index (χ4n) is 1.03. The van der Waals surface area contributed by atoms with Crippen molar-refractivity contribution >= 4 is 22.8 Å². The maximum Gasteiger partial charge on any atom is 0.392 e. The van der Waals surface area contributed by atoms with Gasteiger partial charge in [0.2, 0.25) is 0 Å². The third-order valence-corrected chi connectivity index (χ3v) is 2.98. The van der Waals surface area contributed by atoms with E-state index < -0.39 is 35.6 Å². The van der Waals surface area contributed by atoms with Crippen LogP contribution in [0, 0.1) is 10.1 Å². The largest absolute Gasteiger partial charge is 0.479 e. The molecule has 1 rings (SSSR count). The average Bonchev–Trinajstić information content (AvgIpc) is 2.59. The van der Waals surface area contributed by atoms with Crippen LogP contribution in [-0.4, -0.2) is 23.5 Å². The second-order valence-corrected chi connectivity index (χ2v) is 4.33. The maximum absolute atomic E-state index is 11.9. The maximum atomic E-state index is 11.9. The smallest absolute Gasteiger partial charge is 0.392 e. The van der Waals surface area contributed by atoms with Crippen molar-refractivity contribution in [2.24, 2.45) is 0 Å². The highest BCUT2D eigenvalue weighted by Gasteiger charge is 2.28. The Morgan fingerprint density at radius 3 is 2.61 bits per heavy atom. The number of halogens is 3. The first-order valence-corrected chi connectivity index (χ1v) is 5.51. The molecule has 0 aliphatic rings. The van der Waals surface area contributed by atoms with E-state index in [1.165, 1.54) is 6.92 Å². The molecule has 0 aromatic carbocycles. The number of rotatable bonds is 5. The van der Waals surface area contributed by atoms with E-state index in [0.29, 0.717) is 11.3 Å². The first-order valence-electron chi connectivity index (χ1n) is 4.69. The normalized spacial score (nSPS) is 11.3. The number of hydrogen-bond acceptors (Lipinski definition) is 5. The molecule has 0 saturated carbocycles. The summed E-state index contributed by atoms with van der Waals surface area (Å²) in [4.78, 5) is 20.9. The van der Waals surface area contributed by atoms with E-state index in [-0.39, 0.29) is 9.94 Å². The molecule has 0 unspecified atom stereocenters. The molecule has 0 bridgehead atoms. The van der Waals surface area contributed by atoms with E-state index in [9.17, 15) is 28.1 Å². The molecule has 0 aliphatic heterocycles. The Morgan fingerprint density at radius 2 is 2.17 bits per heavy atom. The Hall–Kier alpha value is -1.64. The van der Waals surface area contributed by atoms with Gasteiger partial charge in [0, 0.05) is 6.07 Å². The van der Waals surface area contributed by atoms with Crippen LogP contribution in [-0.2, 0) is 0 Å². The Labute approximate surface area is 103 Å². The lowest BCUT2D eigenvalue weighted by atomic mass is 10.3. The molecular weight excluding hydrogens is 275 g/mol. The number of carbonyl (C=O) groups excluding carboxylic acids is 1. The molecule has 0 aliphatic carbocycles. The third-order valence-electron chi connectivity index (χ3n) is 1.84. The number of carbonyl (C=O) groups is 1. The molecule has 0 amide bonds. The second-order valence-electron chi connectivity index (χ2n) is 3.31. The molecule has 0 radical (unpaired) electrons. The Bertz CT molecular complexity index is 469. The second kappa shape index (κ2) is 5.34. The van der Waals surface area contributed by atoms with E-state index in [1.807, 2.05) is 0 Å². The van der Waals surface area contributed by atoms with Gasteiger partial charge >= 0.3 is 11.9 Å². The zero-order chi connectivity index (χ0) is 13.9. The van der Waals surface area contributed by atoms with Gasteiger partial charge in [-0.1, -0.05) is 11.3 Å². The Morgan fingerprint density at radius 1 is 1.56 bits per heavy atom. The summed E-state index contributed by atoms with van der Waals surface area (Å²) in [7, 11) is 0. The van der Waals surface area contributed by atoms with Crippen molar-refractivity contribution in [3.8, 4) is 5.06 Å². The number of alkyl halides is 3. The average molecular weight is 283 g/mol. The molecule has 1 heterocycles. The standard InChI is InChI=1S/C9H8F3NO4S/c1-5(14)7-4-6(13(15)16)8(18-7)17-3-2-9(10,11)12/h4H,2-3H2,1H3. The summed E-state index contributed by atoms with van der Waals surface area (Å²) < 4.78 is 40.4. The predicted octanol–water partition coefficient (Wildman–Crippen LogP) is 3.19. The van der Waals surface area contributed by atoms with Crippen LogP contribution >= 0.6 is 11.3 Å². The summed E-state index contributed by atoms with van der Waals surface area (Å²) in [5, 5.41) is 10.3. The van der Waals surface area contributed by atoms with Gasteiger partial charge in [0.15, 0.2) is 5.78 Å². The lowest BCUT2D eigenvalue weighted by molar-refractivity contribution is -0.385. The quantitative estimate of drug-likeness (QED) is 0.472. The predicted molar refractivity (Wildman–Crippen MR) is 57.1 cm³/mol. The summed E-state index contributed by atoms with van der Waals surface area (Å²) in [5.41, 5.74) is -0.493. The fourth-order valence-corrected chi connectivity index (χ4v) is 1.92. The van der Waals surface area contributed by atoms with Gasteiger partial charge in [-0.25, -0.2) is 0 Å². The van der Waals surface area contributed by atoms with Crippen molar-refractivity contribution in [2.45, 2.75) is 19.5 Å². The number of Topliss-reactive ketones (excluding diaryl/α,β-unsaturated/α-hetero) is 1. The molecule has 0 fully saturated rings. The van der Waals surface area contributed by atoms with Crippen LogP contribution in [0.5, 0.6) is 5.06 Å². The van der Waals surface area contributed by atoms with Crippen LogP contribution < -0.4 is 4.74 Å². The van der Waals surface area contributed by atoms with E-state index in [0.717, 1.165) is 6.07 Å². The molecule has 1 aromatic heterocycles. The van der Waals surface area contributed by atoms with Gasteiger partial charge in [-0.3, -0.25) is 14.9 Å². The van der Waals surface area contributed by atoms with Gasteiger partial charge in [0.05, 0.1) is 22.8 Å². The van der Waals surface area contributed by atoms with Crippen molar-refractivity contribution < 1.29 is 27.6 Å². The van der Waals surface area contributed by atoms with E-state index in [2.05, 4.69) is 0 Å². The van der Waals surface area contributed by atoms with Crippen molar-refractivity contribution in [1.29, 1.82) is 0 Å². The molecule has 0 saturated heterocycles. The molecule has 1 aromatic rings. The number of thiophene rings is 1. The zero-order valence-electron chi connectivity index (χ0n) is 9.11. The van der Waals surface area contributed by atoms with E-state index >= 15 is 0 Å². The molecule has 0 atom stereocenters. The number of hydrogen-bond donors (Lipinski definition) is 0. The monoisotopic (exact) mass is 283 g/mol. The van der Waals surface area contributed by atoms with Crippen LogP contribution in [0.4, 0.5) is 18.9 Å². The van der Waals surface area contributed by atoms with Gasteiger partial charge in [-0.05, 0) is 6.92 Å². The molecule has 100 valence electrons. The first-order chi connectivity index (χ1) is 8.20. The molecule has 18 heavy (non-hydrogen) atoms. The highest BCUT2D eigenvalue weighted by Crippen LogP contribution is 2.37. The summed E-state index contributed by atoms with van der Waals surface area (Å²) in [6, 6.07) is 0.996. The SMILES string of the molecule is CC(=O)c1cc([N+](=O)[O-])c(OCCC(F)(F)F)s1. The molecule has 0 N–H and O–H groups in total. The van der Waals surface area contributed by atoms with Crippen LogP contribution in [0.3, 0.4) is 0 Å². The first kappa shape index (κ1) is 14.4. The number of nitro groups is 1. The highest BCUT2D eigenvalue weighted by molar-refractivity contribution is 7.16. The van der Waals surface area contributed by atoms with Crippen molar-refractivity contribution in [3.05, 3.63) is 21.1 Å². The fraction of sp³-hybridized carbons (Fsp3) is 0.444. The van der Waals surface area contributed by atoms with Crippen LogP contribution in [0.15, 0.2) is 6.07 Å². The topological polar surface area (TPSA) is 69.4 Å². The van der Waals surface area contributed by atoms with E-state index in [1.54, 1.807) is 0 Å². The van der Waals surface area contributed by atoms with Crippen LogP contribution in [0.2, 0.25) is 0 Å². The molecular formula is C9H8F3NO4S.